The van der Waals surface area contributed by atoms with Crippen molar-refractivity contribution in [1.82, 2.24) is 4.90 Å². The number of amides is 2. The van der Waals surface area contributed by atoms with E-state index in [1.807, 2.05) is 0 Å². The summed E-state index contributed by atoms with van der Waals surface area (Å²) in [4.78, 5) is 26.8. The third kappa shape index (κ3) is 28.7. The van der Waals surface area contributed by atoms with Crippen molar-refractivity contribution < 1.29 is 9.59 Å². The molecule has 0 unspecified atom stereocenters. The number of nitrogens with zero attached hydrogens (tertiary/aromatic N) is 1. The minimum atomic E-state index is -0.0316. The summed E-state index contributed by atoms with van der Waals surface area (Å²) in [5, 5.41) is 0. The van der Waals surface area contributed by atoms with E-state index in [-0.39, 0.29) is 11.8 Å². The molecule has 246 valence electrons. The van der Waals surface area contributed by atoms with Gasteiger partial charge in [-0.2, -0.15) is 0 Å². The van der Waals surface area contributed by atoms with E-state index < -0.39 is 0 Å². The molecule has 0 aromatic rings. The molecule has 0 aliphatic carbocycles. The molecule has 0 radical (unpaired) electrons. The Balaban J connectivity index is 3.74. The Morgan fingerprint density at radius 1 is 0.452 bits per heavy atom. The molecule has 42 heavy (non-hydrogen) atoms. The number of hydrogen-bond donors (Lipinski definition) is 1. The number of carbonyl (C=O) groups excluding carboxylic acids is 2. The number of imide groups is 1. The van der Waals surface area contributed by atoms with Crippen molar-refractivity contribution in [3.8, 4) is 0 Å². The first-order valence-electron chi connectivity index (χ1n) is 18.5. The lowest BCUT2D eigenvalue weighted by Crippen LogP contribution is -2.40. The Hall–Kier alpha value is -1.42. The maximum absolute atomic E-state index is 12.7. The maximum Gasteiger partial charge on any atom is 0.229 e. The van der Waals surface area contributed by atoms with Crippen LogP contribution in [0.15, 0.2) is 24.3 Å². The smallest absolute Gasteiger partial charge is 0.229 e. The van der Waals surface area contributed by atoms with Crippen LogP contribution in [0.3, 0.4) is 0 Å². The zero-order valence-electron chi connectivity index (χ0n) is 28.4. The quantitative estimate of drug-likeness (QED) is 0.0628. The highest BCUT2D eigenvalue weighted by Crippen LogP contribution is 2.13. The highest BCUT2D eigenvalue weighted by atomic mass is 16.2. The molecule has 4 nitrogen and oxygen atoms in total. The molecule has 0 spiro atoms. The number of rotatable bonds is 32. The molecule has 0 saturated carbocycles. The second kappa shape index (κ2) is 34.1. The first kappa shape index (κ1) is 40.6. The summed E-state index contributed by atoms with van der Waals surface area (Å²) in [6.07, 6.45) is 42.6. The molecule has 4 heteroatoms. The average Bonchev–Trinajstić information content (AvgIpc) is 2.99. The third-order valence-electron chi connectivity index (χ3n) is 8.26. The third-order valence-corrected chi connectivity index (χ3v) is 8.26. The van der Waals surface area contributed by atoms with Gasteiger partial charge in [-0.15, -0.1) is 0 Å². The van der Waals surface area contributed by atoms with Gasteiger partial charge in [0.1, 0.15) is 0 Å². The van der Waals surface area contributed by atoms with E-state index in [4.69, 9.17) is 5.73 Å². The molecule has 0 aromatic carbocycles. The van der Waals surface area contributed by atoms with Gasteiger partial charge in [0.2, 0.25) is 11.8 Å². The van der Waals surface area contributed by atoms with Crippen molar-refractivity contribution >= 4 is 11.8 Å². The molecule has 0 saturated heterocycles. The van der Waals surface area contributed by atoms with Gasteiger partial charge in [0.15, 0.2) is 0 Å². The van der Waals surface area contributed by atoms with Crippen LogP contribution in [-0.2, 0) is 9.59 Å². The molecule has 0 aromatic heterocycles. The SMILES string of the molecule is CCCCCCCC/C=C\CCCCCCCC(=O)N(CCN)C(=O)CCCCCCC/C=C\CCCCCCCC. The van der Waals surface area contributed by atoms with Crippen LogP contribution in [0.5, 0.6) is 0 Å². The predicted octanol–water partition coefficient (Wildman–Crippen LogP) is 11.4. The fraction of sp³-hybridized carbons (Fsp3) is 0.842. The van der Waals surface area contributed by atoms with Crippen LogP contribution in [0.1, 0.15) is 194 Å². The maximum atomic E-state index is 12.7. The predicted molar refractivity (Wildman–Crippen MR) is 185 cm³/mol. The Bertz CT molecular complexity index is 591. The standard InChI is InChI=1S/C38H72N2O2/c1-3-5-7-9-11-13-15-17-19-21-23-25-27-29-31-33-37(41)40(36-35-39)38(42)34-32-30-28-26-24-22-20-18-16-14-12-10-8-6-4-2/h17-20H,3-16,21-36,39H2,1-2H3/b19-17-,20-18-. The second-order valence-electron chi connectivity index (χ2n) is 12.4. The summed E-state index contributed by atoms with van der Waals surface area (Å²) in [5.74, 6) is -0.0633. The van der Waals surface area contributed by atoms with Gasteiger partial charge in [-0.3, -0.25) is 14.5 Å². The van der Waals surface area contributed by atoms with Crippen LogP contribution < -0.4 is 5.73 Å². The lowest BCUT2D eigenvalue weighted by molar-refractivity contribution is -0.144. The van der Waals surface area contributed by atoms with Crippen molar-refractivity contribution in [2.45, 2.75) is 194 Å². The van der Waals surface area contributed by atoms with Crippen LogP contribution in [0, 0.1) is 0 Å². The first-order valence-corrected chi connectivity index (χ1v) is 18.5. The molecule has 2 N–H and O–H groups in total. The first-order chi connectivity index (χ1) is 20.7. The Kier molecular flexibility index (Phi) is 32.9. The van der Waals surface area contributed by atoms with Gasteiger partial charge in [0.05, 0.1) is 0 Å². The number of unbranched alkanes of at least 4 members (excludes halogenated alkanes) is 22. The Morgan fingerprint density at radius 2 is 0.738 bits per heavy atom. The van der Waals surface area contributed by atoms with Gasteiger partial charge < -0.3 is 5.73 Å². The van der Waals surface area contributed by atoms with Crippen LogP contribution in [0.2, 0.25) is 0 Å². The lowest BCUT2D eigenvalue weighted by Gasteiger charge is -2.20. The summed E-state index contributed by atoms with van der Waals surface area (Å²) < 4.78 is 0. The molecule has 0 atom stereocenters. The van der Waals surface area contributed by atoms with E-state index in [1.165, 1.54) is 133 Å². The molecule has 0 aliphatic heterocycles. The average molecular weight is 589 g/mol. The molecular formula is C38H72N2O2. The van der Waals surface area contributed by atoms with E-state index in [0.717, 1.165) is 38.5 Å². The van der Waals surface area contributed by atoms with Crippen LogP contribution >= 0.6 is 0 Å². The number of hydrogen-bond acceptors (Lipinski definition) is 3. The second-order valence-corrected chi connectivity index (χ2v) is 12.4. The van der Waals surface area contributed by atoms with Crippen molar-refractivity contribution in [2.24, 2.45) is 5.73 Å². The highest BCUT2D eigenvalue weighted by Gasteiger charge is 2.19. The Labute approximate surface area is 262 Å². The van der Waals surface area contributed by atoms with E-state index >= 15 is 0 Å². The number of allylic oxidation sites excluding steroid dienone is 4. The van der Waals surface area contributed by atoms with Gasteiger partial charge in [-0.05, 0) is 64.2 Å². The fourth-order valence-electron chi connectivity index (χ4n) is 5.48. The van der Waals surface area contributed by atoms with Crippen LogP contribution in [0.25, 0.3) is 0 Å². The van der Waals surface area contributed by atoms with Gasteiger partial charge >= 0.3 is 0 Å². The summed E-state index contributed by atoms with van der Waals surface area (Å²) >= 11 is 0. The minimum absolute atomic E-state index is 0.0316. The molecule has 0 aliphatic rings. The van der Waals surface area contributed by atoms with Gasteiger partial charge in [0, 0.05) is 25.9 Å². The summed E-state index contributed by atoms with van der Waals surface area (Å²) in [6.45, 7) is 5.23. The highest BCUT2D eigenvalue weighted by molar-refractivity contribution is 5.95. The van der Waals surface area contributed by atoms with Crippen molar-refractivity contribution in [2.75, 3.05) is 13.1 Å². The largest absolute Gasteiger partial charge is 0.329 e. The Morgan fingerprint density at radius 3 is 1.05 bits per heavy atom. The molecule has 0 rings (SSSR count). The fourth-order valence-corrected chi connectivity index (χ4v) is 5.48. The molecule has 0 fully saturated rings. The molecular weight excluding hydrogens is 516 g/mol. The van der Waals surface area contributed by atoms with Crippen LogP contribution in [0.4, 0.5) is 0 Å². The zero-order chi connectivity index (χ0) is 30.8. The van der Waals surface area contributed by atoms with Crippen molar-refractivity contribution in [3.05, 3.63) is 24.3 Å². The zero-order valence-corrected chi connectivity index (χ0v) is 28.4. The van der Waals surface area contributed by atoms with Gasteiger partial charge in [0.25, 0.3) is 0 Å². The molecule has 0 heterocycles. The van der Waals surface area contributed by atoms with Crippen molar-refractivity contribution in [3.63, 3.8) is 0 Å². The topological polar surface area (TPSA) is 63.4 Å². The summed E-state index contributed by atoms with van der Waals surface area (Å²) in [7, 11) is 0. The van der Waals surface area contributed by atoms with E-state index in [9.17, 15) is 9.59 Å². The monoisotopic (exact) mass is 589 g/mol. The lowest BCUT2D eigenvalue weighted by atomic mass is 10.1. The van der Waals surface area contributed by atoms with Gasteiger partial charge in [-0.1, -0.05) is 141 Å². The number of carbonyl (C=O) groups is 2. The molecule has 2 amide bonds. The van der Waals surface area contributed by atoms with Gasteiger partial charge in [-0.25, -0.2) is 0 Å². The minimum Gasteiger partial charge on any atom is -0.329 e. The van der Waals surface area contributed by atoms with E-state index in [0.29, 0.717) is 25.9 Å². The number of nitrogens with two attached hydrogens (primary N) is 1. The van der Waals surface area contributed by atoms with E-state index in [1.54, 1.807) is 0 Å². The summed E-state index contributed by atoms with van der Waals surface area (Å²) in [5.41, 5.74) is 5.72. The summed E-state index contributed by atoms with van der Waals surface area (Å²) in [6, 6.07) is 0. The normalized spacial score (nSPS) is 11.7. The van der Waals surface area contributed by atoms with Crippen molar-refractivity contribution in [1.29, 1.82) is 0 Å². The van der Waals surface area contributed by atoms with E-state index in [2.05, 4.69) is 38.2 Å². The van der Waals surface area contributed by atoms with Crippen LogP contribution in [-0.4, -0.2) is 29.8 Å². The molecule has 0 bridgehead atoms.